The number of amides is 1. The Hall–Kier alpha value is -3.09. The SMILES string of the molecule is COc1ccc([N+](=O)[O-])cc1NC(=O)[C@H](C)Nc1ccc(C(C)C)cc1. The van der Waals surface area contributed by atoms with E-state index in [1.165, 1.54) is 30.9 Å². The number of nitrogens with zero attached hydrogens (tertiary/aromatic N) is 1. The maximum Gasteiger partial charge on any atom is 0.271 e. The number of rotatable bonds is 7. The number of nitrogens with one attached hydrogen (secondary N) is 2. The lowest BCUT2D eigenvalue weighted by Gasteiger charge is -2.17. The van der Waals surface area contributed by atoms with E-state index in [1.54, 1.807) is 6.92 Å². The summed E-state index contributed by atoms with van der Waals surface area (Å²) in [6.45, 7) is 5.95. The third-order valence-corrected chi connectivity index (χ3v) is 4.01. The van der Waals surface area contributed by atoms with Crippen LogP contribution in [0.2, 0.25) is 0 Å². The lowest BCUT2D eigenvalue weighted by Crippen LogP contribution is -2.32. The van der Waals surface area contributed by atoms with Crippen LogP contribution in [0.15, 0.2) is 42.5 Å². The quantitative estimate of drug-likeness (QED) is 0.573. The molecule has 2 rings (SSSR count). The van der Waals surface area contributed by atoms with Crippen molar-refractivity contribution in [2.75, 3.05) is 17.7 Å². The molecule has 0 aliphatic carbocycles. The first kappa shape index (κ1) is 19.2. The first-order chi connectivity index (χ1) is 12.3. The molecule has 138 valence electrons. The van der Waals surface area contributed by atoms with Crippen molar-refractivity contribution in [3.63, 3.8) is 0 Å². The van der Waals surface area contributed by atoms with Gasteiger partial charge < -0.3 is 15.4 Å². The largest absolute Gasteiger partial charge is 0.495 e. The van der Waals surface area contributed by atoms with Gasteiger partial charge in [0.25, 0.3) is 5.69 Å². The van der Waals surface area contributed by atoms with E-state index >= 15 is 0 Å². The first-order valence-corrected chi connectivity index (χ1v) is 8.31. The molecule has 0 aromatic heterocycles. The van der Waals surface area contributed by atoms with Gasteiger partial charge in [0.1, 0.15) is 11.8 Å². The van der Waals surface area contributed by atoms with Gasteiger partial charge in [-0.15, -0.1) is 0 Å². The van der Waals surface area contributed by atoms with Crippen molar-refractivity contribution >= 4 is 23.0 Å². The predicted molar refractivity (Wildman–Crippen MR) is 102 cm³/mol. The number of hydrogen-bond acceptors (Lipinski definition) is 5. The zero-order valence-electron chi connectivity index (χ0n) is 15.3. The summed E-state index contributed by atoms with van der Waals surface area (Å²) >= 11 is 0. The molecular weight excluding hydrogens is 334 g/mol. The molecule has 0 spiro atoms. The normalized spacial score (nSPS) is 11.7. The second-order valence-corrected chi connectivity index (χ2v) is 6.27. The molecular formula is C19H23N3O4. The van der Waals surface area contributed by atoms with E-state index in [0.29, 0.717) is 11.7 Å². The summed E-state index contributed by atoms with van der Waals surface area (Å²) in [4.78, 5) is 22.9. The Labute approximate surface area is 152 Å². The van der Waals surface area contributed by atoms with Crippen molar-refractivity contribution in [3.05, 3.63) is 58.1 Å². The van der Waals surface area contributed by atoms with Crippen LogP contribution < -0.4 is 15.4 Å². The molecule has 2 aromatic rings. The van der Waals surface area contributed by atoms with Gasteiger partial charge in [-0.25, -0.2) is 0 Å². The fourth-order valence-electron chi connectivity index (χ4n) is 2.43. The van der Waals surface area contributed by atoms with E-state index < -0.39 is 11.0 Å². The summed E-state index contributed by atoms with van der Waals surface area (Å²) in [5.74, 6) is 0.472. The fraction of sp³-hybridized carbons (Fsp3) is 0.316. The molecule has 0 fully saturated rings. The highest BCUT2D eigenvalue weighted by Gasteiger charge is 2.17. The van der Waals surface area contributed by atoms with Crippen molar-refractivity contribution in [1.29, 1.82) is 0 Å². The topological polar surface area (TPSA) is 93.5 Å². The molecule has 2 N–H and O–H groups in total. The average molecular weight is 357 g/mol. The van der Waals surface area contributed by atoms with Crippen LogP contribution in [0, 0.1) is 10.1 Å². The van der Waals surface area contributed by atoms with Gasteiger partial charge in [-0.1, -0.05) is 26.0 Å². The highest BCUT2D eigenvalue weighted by molar-refractivity contribution is 5.97. The van der Waals surface area contributed by atoms with Crippen LogP contribution in [0.25, 0.3) is 0 Å². The summed E-state index contributed by atoms with van der Waals surface area (Å²) in [5, 5.41) is 16.7. The third-order valence-electron chi connectivity index (χ3n) is 4.01. The van der Waals surface area contributed by atoms with E-state index in [-0.39, 0.29) is 17.3 Å². The molecule has 7 heteroatoms. The Kier molecular flexibility index (Phi) is 6.16. The van der Waals surface area contributed by atoms with Gasteiger partial charge in [0, 0.05) is 17.8 Å². The predicted octanol–water partition coefficient (Wildman–Crippen LogP) is 4.17. The number of benzene rings is 2. The fourth-order valence-corrected chi connectivity index (χ4v) is 2.43. The maximum atomic E-state index is 12.4. The van der Waals surface area contributed by atoms with E-state index in [1.807, 2.05) is 24.3 Å². The molecule has 0 bridgehead atoms. The zero-order valence-corrected chi connectivity index (χ0v) is 15.3. The molecule has 1 atom stereocenters. The van der Waals surface area contributed by atoms with Crippen LogP contribution in [-0.2, 0) is 4.79 Å². The van der Waals surface area contributed by atoms with Crippen LogP contribution in [-0.4, -0.2) is 24.0 Å². The van der Waals surface area contributed by atoms with Gasteiger partial charge in [0.2, 0.25) is 5.91 Å². The molecule has 0 aliphatic heterocycles. The highest BCUT2D eigenvalue weighted by Crippen LogP contribution is 2.29. The van der Waals surface area contributed by atoms with Crippen LogP contribution in [0.4, 0.5) is 17.1 Å². The Morgan fingerprint density at radius 2 is 1.77 bits per heavy atom. The molecule has 7 nitrogen and oxygen atoms in total. The number of hydrogen-bond donors (Lipinski definition) is 2. The van der Waals surface area contributed by atoms with Gasteiger partial charge >= 0.3 is 0 Å². The van der Waals surface area contributed by atoms with Crippen molar-refractivity contribution < 1.29 is 14.5 Å². The number of nitro groups is 1. The Morgan fingerprint density at radius 3 is 2.31 bits per heavy atom. The van der Waals surface area contributed by atoms with Crippen molar-refractivity contribution in [1.82, 2.24) is 0 Å². The minimum Gasteiger partial charge on any atom is -0.495 e. The summed E-state index contributed by atoms with van der Waals surface area (Å²) in [6.07, 6.45) is 0. The summed E-state index contributed by atoms with van der Waals surface area (Å²) in [5.41, 5.74) is 2.18. The lowest BCUT2D eigenvalue weighted by atomic mass is 10.0. The van der Waals surface area contributed by atoms with Crippen molar-refractivity contribution in [2.45, 2.75) is 32.7 Å². The second kappa shape index (κ2) is 8.33. The maximum absolute atomic E-state index is 12.4. The van der Waals surface area contributed by atoms with E-state index in [9.17, 15) is 14.9 Å². The minimum atomic E-state index is -0.538. The number of ether oxygens (including phenoxy) is 1. The van der Waals surface area contributed by atoms with Gasteiger partial charge in [0.05, 0.1) is 17.7 Å². The molecule has 0 radical (unpaired) electrons. The van der Waals surface area contributed by atoms with Crippen LogP contribution in [0.3, 0.4) is 0 Å². The standard InChI is InChI=1S/C19H23N3O4/c1-12(2)14-5-7-15(8-6-14)20-13(3)19(23)21-17-11-16(22(24)25)9-10-18(17)26-4/h5-13,20H,1-4H3,(H,21,23)/t13-/m0/s1. The van der Waals surface area contributed by atoms with Gasteiger partial charge in [-0.3, -0.25) is 14.9 Å². The molecule has 0 saturated carbocycles. The molecule has 1 amide bonds. The van der Waals surface area contributed by atoms with Crippen LogP contribution in [0.5, 0.6) is 5.75 Å². The highest BCUT2D eigenvalue weighted by atomic mass is 16.6. The summed E-state index contributed by atoms with van der Waals surface area (Å²) in [7, 11) is 1.44. The minimum absolute atomic E-state index is 0.119. The molecule has 0 heterocycles. The number of nitro benzene ring substituents is 1. The molecule has 0 aliphatic rings. The van der Waals surface area contributed by atoms with Gasteiger partial charge in [-0.2, -0.15) is 0 Å². The monoisotopic (exact) mass is 357 g/mol. The van der Waals surface area contributed by atoms with Crippen LogP contribution in [0.1, 0.15) is 32.3 Å². The average Bonchev–Trinajstić information content (AvgIpc) is 2.61. The number of non-ortho nitro benzene ring substituents is 1. The second-order valence-electron chi connectivity index (χ2n) is 6.27. The molecule has 0 unspecified atom stereocenters. The summed E-state index contributed by atoms with van der Waals surface area (Å²) < 4.78 is 5.16. The van der Waals surface area contributed by atoms with Crippen molar-refractivity contribution in [2.24, 2.45) is 0 Å². The van der Waals surface area contributed by atoms with E-state index in [0.717, 1.165) is 5.69 Å². The number of methoxy groups -OCH3 is 1. The number of carbonyl (C=O) groups is 1. The Morgan fingerprint density at radius 1 is 1.12 bits per heavy atom. The zero-order chi connectivity index (χ0) is 19.3. The van der Waals surface area contributed by atoms with Gasteiger partial charge in [0.15, 0.2) is 0 Å². The lowest BCUT2D eigenvalue weighted by molar-refractivity contribution is -0.384. The number of carbonyl (C=O) groups excluding carboxylic acids is 1. The molecule has 2 aromatic carbocycles. The smallest absolute Gasteiger partial charge is 0.271 e. The van der Waals surface area contributed by atoms with Crippen LogP contribution >= 0.6 is 0 Å². The summed E-state index contributed by atoms with van der Waals surface area (Å²) in [6, 6.07) is 11.4. The first-order valence-electron chi connectivity index (χ1n) is 8.31. The Balaban J connectivity index is 2.09. The number of anilines is 2. The van der Waals surface area contributed by atoms with E-state index in [2.05, 4.69) is 24.5 Å². The third kappa shape index (κ3) is 4.72. The Bertz CT molecular complexity index is 788. The van der Waals surface area contributed by atoms with Crippen molar-refractivity contribution in [3.8, 4) is 5.75 Å². The molecule has 26 heavy (non-hydrogen) atoms. The van der Waals surface area contributed by atoms with Gasteiger partial charge in [-0.05, 0) is 36.6 Å². The van der Waals surface area contributed by atoms with E-state index in [4.69, 9.17) is 4.74 Å². The molecule has 0 saturated heterocycles.